The molecule has 6 unspecified atom stereocenters. The smallest absolute Gasteiger partial charge is 0.338 e. The summed E-state index contributed by atoms with van der Waals surface area (Å²) >= 11 is 0. The van der Waals surface area contributed by atoms with Crippen LogP contribution >= 0.6 is 0 Å². The highest BCUT2D eigenvalue weighted by Crippen LogP contribution is 2.73. The molecule has 0 aliphatic heterocycles. The van der Waals surface area contributed by atoms with E-state index in [1.54, 1.807) is 0 Å². The minimum Gasteiger partial charge on any atom is -0.454 e. The monoisotopic (exact) mass is 558 g/mol. The molecule has 42 heavy (non-hydrogen) atoms. The number of hydrogen-bond donors (Lipinski definition) is 0. The maximum atomic E-state index is 13.9. The summed E-state index contributed by atoms with van der Waals surface area (Å²) in [7, 11) is 0. The molecule has 214 valence electrons. The van der Waals surface area contributed by atoms with Crippen molar-refractivity contribution in [2.75, 3.05) is 0 Å². The Morgan fingerprint density at radius 1 is 0.619 bits per heavy atom. The first-order valence-electron chi connectivity index (χ1n) is 15.1. The third-order valence-electron chi connectivity index (χ3n) is 10.6. The van der Waals surface area contributed by atoms with E-state index in [1.165, 1.54) is 21.9 Å². The molecule has 0 radical (unpaired) electrons. The zero-order chi connectivity index (χ0) is 29.6. The lowest BCUT2D eigenvalue weighted by molar-refractivity contribution is -0.210. The van der Waals surface area contributed by atoms with Crippen LogP contribution in [0.5, 0.6) is 0 Å². The average molecular weight is 559 g/mol. The van der Waals surface area contributed by atoms with Gasteiger partial charge in [-0.1, -0.05) is 84.6 Å². The van der Waals surface area contributed by atoms with Gasteiger partial charge in [0.15, 0.2) is 0 Å². The van der Waals surface area contributed by atoms with Gasteiger partial charge in [0.1, 0.15) is 12.2 Å². The zero-order valence-corrected chi connectivity index (χ0v) is 25.3. The highest BCUT2D eigenvalue weighted by atomic mass is 16.6. The van der Waals surface area contributed by atoms with Gasteiger partial charge < -0.3 is 9.47 Å². The number of esters is 2. The van der Waals surface area contributed by atoms with E-state index in [4.69, 9.17) is 9.47 Å². The van der Waals surface area contributed by atoms with Crippen molar-refractivity contribution in [2.45, 2.75) is 78.4 Å². The predicted octanol–water partition coefficient (Wildman–Crippen LogP) is 8.53. The molecule has 6 atom stereocenters. The zero-order valence-electron chi connectivity index (χ0n) is 25.3. The van der Waals surface area contributed by atoms with Crippen LogP contribution in [-0.4, -0.2) is 24.1 Å². The van der Waals surface area contributed by atoms with Crippen LogP contribution in [0.3, 0.4) is 0 Å². The van der Waals surface area contributed by atoms with Gasteiger partial charge in [-0.25, -0.2) is 9.59 Å². The van der Waals surface area contributed by atoms with Crippen molar-refractivity contribution in [1.29, 1.82) is 0 Å². The Kier molecular flexibility index (Phi) is 5.96. The summed E-state index contributed by atoms with van der Waals surface area (Å²) in [5.41, 5.74) is 6.95. The van der Waals surface area contributed by atoms with E-state index in [-0.39, 0.29) is 23.8 Å². The quantitative estimate of drug-likeness (QED) is 0.236. The van der Waals surface area contributed by atoms with Crippen molar-refractivity contribution in [1.82, 2.24) is 0 Å². The molecular formula is C38H38O4. The van der Waals surface area contributed by atoms with Gasteiger partial charge in [0.05, 0.1) is 11.1 Å². The van der Waals surface area contributed by atoms with E-state index < -0.39 is 23.0 Å². The van der Waals surface area contributed by atoms with Crippen LogP contribution in [0.25, 0.3) is 10.8 Å². The highest BCUT2D eigenvalue weighted by Gasteiger charge is 2.70. The lowest BCUT2D eigenvalue weighted by Crippen LogP contribution is -2.66. The minimum absolute atomic E-state index is 0.158. The molecule has 0 saturated heterocycles. The summed E-state index contributed by atoms with van der Waals surface area (Å²) in [5, 5.41) is 2.55. The van der Waals surface area contributed by atoms with E-state index in [9.17, 15) is 9.59 Å². The molecule has 2 bridgehead atoms. The SMILES string of the molecule is Cc1cc(C)cc(C(=O)OC2C(OC(=O)c3cc(C)cc(C)c3)C3(C)CCC2(C)C2c4cccc5cccc(c45)C23)c1. The molecule has 4 nitrogen and oxygen atoms in total. The van der Waals surface area contributed by atoms with Crippen LogP contribution in [-0.2, 0) is 9.47 Å². The van der Waals surface area contributed by atoms with Gasteiger partial charge in [0.25, 0.3) is 0 Å². The Bertz CT molecular complexity index is 1620. The molecule has 0 N–H and O–H groups in total. The Balaban J connectivity index is 1.36. The Morgan fingerprint density at radius 2 is 1.00 bits per heavy atom. The Morgan fingerprint density at radius 3 is 1.38 bits per heavy atom. The number of hydrogen-bond acceptors (Lipinski definition) is 4. The fourth-order valence-electron chi connectivity index (χ4n) is 8.87. The normalized spacial score (nSPS) is 28.9. The van der Waals surface area contributed by atoms with Crippen LogP contribution in [0.2, 0.25) is 0 Å². The second-order valence-corrected chi connectivity index (χ2v) is 13.7. The standard InChI is InChI=1S/C38H38O4/c1-21-15-22(2)18-26(17-21)35(39)41-33-34(42-36(40)27-19-23(3)16-24(4)20-27)38(6)14-13-37(33,5)31-28-11-7-9-25-10-8-12-29(30(25)28)32(31)38/h7-12,15-20,31-34H,13-14H2,1-6H3. The van der Waals surface area contributed by atoms with Gasteiger partial charge in [-0.3, -0.25) is 0 Å². The van der Waals surface area contributed by atoms with Gasteiger partial charge in [0.2, 0.25) is 0 Å². The van der Waals surface area contributed by atoms with Crippen LogP contribution in [0.1, 0.15) is 92.6 Å². The van der Waals surface area contributed by atoms with E-state index in [2.05, 4.69) is 62.4 Å². The molecule has 3 saturated carbocycles. The Labute approximate surface area is 248 Å². The lowest BCUT2D eigenvalue weighted by Gasteiger charge is -2.64. The molecule has 4 aromatic rings. The number of ether oxygens (including phenoxy) is 2. The van der Waals surface area contributed by atoms with Crippen molar-refractivity contribution in [3.63, 3.8) is 0 Å². The molecule has 8 rings (SSSR count). The first kappa shape index (κ1) is 26.9. The van der Waals surface area contributed by atoms with Crippen molar-refractivity contribution in [3.05, 3.63) is 117 Å². The maximum absolute atomic E-state index is 13.9. The van der Waals surface area contributed by atoms with Crippen molar-refractivity contribution in [3.8, 4) is 0 Å². The lowest BCUT2D eigenvalue weighted by atomic mass is 9.43. The van der Waals surface area contributed by atoms with E-state index in [0.717, 1.165) is 35.1 Å². The number of benzene rings is 4. The number of fused-ring (bicyclic) bond motifs is 2. The van der Waals surface area contributed by atoms with Crippen LogP contribution in [0, 0.1) is 38.5 Å². The summed E-state index contributed by atoms with van der Waals surface area (Å²) in [5.74, 6) is -0.403. The molecule has 4 aromatic carbocycles. The first-order valence-corrected chi connectivity index (χ1v) is 15.1. The second kappa shape index (κ2) is 9.29. The summed E-state index contributed by atoms with van der Waals surface area (Å²) < 4.78 is 13.1. The Hall–Kier alpha value is -3.92. The van der Waals surface area contributed by atoms with Gasteiger partial charge in [-0.15, -0.1) is 0 Å². The number of carbonyl (C=O) groups is 2. The van der Waals surface area contributed by atoms with E-state index >= 15 is 0 Å². The first-order chi connectivity index (χ1) is 20.0. The largest absolute Gasteiger partial charge is 0.454 e. The maximum Gasteiger partial charge on any atom is 0.338 e. The minimum atomic E-state index is -0.592. The predicted molar refractivity (Wildman–Crippen MR) is 165 cm³/mol. The molecule has 0 amide bonds. The van der Waals surface area contributed by atoms with Gasteiger partial charge in [-0.05, 0) is 86.7 Å². The van der Waals surface area contributed by atoms with Gasteiger partial charge in [-0.2, -0.15) is 0 Å². The average Bonchev–Trinajstić information content (AvgIpc) is 3.29. The number of carbonyl (C=O) groups excluding carboxylic acids is 2. The van der Waals surface area contributed by atoms with Crippen molar-refractivity contribution >= 4 is 22.7 Å². The molecule has 4 aliphatic carbocycles. The third kappa shape index (κ3) is 3.87. The van der Waals surface area contributed by atoms with Gasteiger partial charge >= 0.3 is 11.9 Å². The summed E-state index contributed by atoms with van der Waals surface area (Å²) in [6, 6.07) is 24.8. The summed E-state index contributed by atoms with van der Waals surface area (Å²) in [6.07, 6.45) is 0.588. The van der Waals surface area contributed by atoms with E-state index in [1.807, 2.05) is 52.0 Å². The molecule has 4 heteroatoms. The molecular weight excluding hydrogens is 520 g/mol. The third-order valence-corrected chi connectivity index (χ3v) is 10.6. The van der Waals surface area contributed by atoms with E-state index in [0.29, 0.717) is 11.1 Å². The molecule has 0 spiro atoms. The summed E-state index contributed by atoms with van der Waals surface area (Å²) in [6.45, 7) is 12.5. The van der Waals surface area contributed by atoms with Crippen molar-refractivity contribution in [2.24, 2.45) is 10.8 Å². The molecule has 4 aliphatic rings. The van der Waals surface area contributed by atoms with Crippen LogP contribution in [0.4, 0.5) is 0 Å². The fraction of sp³-hybridized carbons (Fsp3) is 0.368. The number of aryl methyl sites for hydroxylation is 4. The highest BCUT2D eigenvalue weighted by molar-refractivity contribution is 5.94. The second-order valence-electron chi connectivity index (χ2n) is 13.7. The van der Waals surface area contributed by atoms with Crippen LogP contribution in [0.15, 0.2) is 72.8 Å². The van der Waals surface area contributed by atoms with Crippen LogP contribution < -0.4 is 0 Å². The summed E-state index contributed by atoms with van der Waals surface area (Å²) in [4.78, 5) is 27.7. The van der Waals surface area contributed by atoms with Crippen molar-refractivity contribution < 1.29 is 19.1 Å². The molecule has 3 fully saturated rings. The van der Waals surface area contributed by atoms with Gasteiger partial charge in [0, 0.05) is 22.7 Å². The molecule has 0 heterocycles. The fourth-order valence-corrected chi connectivity index (χ4v) is 8.87. The molecule has 0 aromatic heterocycles. The topological polar surface area (TPSA) is 52.6 Å². The number of rotatable bonds is 4.